The molecule has 1 aromatic heterocycles. The van der Waals surface area contributed by atoms with Crippen LogP contribution in [0.5, 0.6) is 0 Å². The number of hydrogen-bond acceptors (Lipinski definition) is 5. The first-order chi connectivity index (χ1) is 14.3. The quantitative estimate of drug-likeness (QED) is 0.609. The van der Waals surface area contributed by atoms with E-state index >= 15 is 0 Å². The van der Waals surface area contributed by atoms with E-state index in [1.807, 2.05) is 50.2 Å². The van der Waals surface area contributed by atoms with Gasteiger partial charge in [-0.25, -0.2) is 0 Å². The molecule has 0 bridgehead atoms. The Hall–Kier alpha value is -3.12. The van der Waals surface area contributed by atoms with Crippen LogP contribution in [0, 0.1) is 0 Å². The van der Waals surface area contributed by atoms with Crippen molar-refractivity contribution in [3.05, 3.63) is 60.2 Å². The second-order valence-corrected chi connectivity index (χ2v) is 8.06. The minimum atomic E-state index is -0.0935. The van der Waals surface area contributed by atoms with Gasteiger partial charge in [-0.15, -0.1) is 0 Å². The van der Waals surface area contributed by atoms with Crippen molar-refractivity contribution in [2.24, 2.45) is 0 Å². The van der Waals surface area contributed by atoms with Crippen molar-refractivity contribution in [1.82, 2.24) is 15.4 Å². The standard InChI is InChI=1S/C24H30N4O2/c1-17(2)25-24(29)20-10-6-8-18(14-20)22-16-23(30-26-22)19-9-7-11-21(15-19)28(5)13-12-27(3)4/h6-11,14-17H,12-13H2,1-5H3,(H,25,29). The van der Waals surface area contributed by atoms with E-state index in [0.29, 0.717) is 17.0 Å². The summed E-state index contributed by atoms with van der Waals surface area (Å²) in [5, 5.41) is 7.14. The van der Waals surface area contributed by atoms with E-state index in [9.17, 15) is 4.79 Å². The maximum Gasteiger partial charge on any atom is 0.251 e. The van der Waals surface area contributed by atoms with Crippen molar-refractivity contribution in [2.75, 3.05) is 39.1 Å². The van der Waals surface area contributed by atoms with Gasteiger partial charge in [0.15, 0.2) is 5.76 Å². The summed E-state index contributed by atoms with van der Waals surface area (Å²) in [6.07, 6.45) is 0. The van der Waals surface area contributed by atoms with Crippen LogP contribution in [0.15, 0.2) is 59.1 Å². The van der Waals surface area contributed by atoms with Crippen LogP contribution >= 0.6 is 0 Å². The number of nitrogens with zero attached hydrogens (tertiary/aromatic N) is 3. The fourth-order valence-corrected chi connectivity index (χ4v) is 3.09. The van der Waals surface area contributed by atoms with Crippen molar-refractivity contribution >= 4 is 11.6 Å². The Morgan fingerprint density at radius 1 is 1.00 bits per heavy atom. The molecule has 1 heterocycles. The number of hydrogen-bond donors (Lipinski definition) is 1. The molecule has 1 N–H and O–H groups in total. The Morgan fingerprint density at radius 3 is 2.47 bits per heavy atom. The fourth-order valence-electron chi connectivity index (χ4n) is 3.09. The summed E-state index contributed by atoms with van der Waals surface area (Å²) in [6.45, 7) is 5.80. The number of amides is 1. The van der Waals surface area contributed by atoms with Gasteiger partial charge < -0.3 is 19.6 Å². The zero-order chi connectivity index (χ0) is 21.7. The fraction of sp³-hybridized carbons (Fsp3) is 0.333. The van der Waals surface area contributed by atoms with Crippen LogP contribution in [-0.4, -0.2) is 56.2 Å². The number of rotatable bonds is 8. The van der Waals surface area contributed by atoms with Crippen molar-refractivity contribution in [3.8, 4) is 22.6 Å². The Kier molecular flexibility index (Phi) is 6.90. The van der Waals surface area contributed by atoms with Crippen LogP contribution in [0.1, 0.15) is 24.2 Å². The van der Waals surface area contributed by atoms with Crippen LogP contribution in [0.2, 0.25) is 0 Å². The summed E-state index contributed by atoms with van der Waals surface area (Å²) in [6, 6.07) is 17.7. The number of nitrogens with one attached hydrogen (secondary N) is 1. The summed E-state index contributed by atoms with van der Waals surface area (Å²) in [4.78, 5) is 16.7. The van der Waals surface area contributed by atoms with Gasteiger partial charge in [-0.05, 0) is 52.2 Å². The highest BCUT2D eigenvalue weighted by Crippen LogP contribution is 2.29. The maximum atomic E-state index is 12.3. The minimum Gasteiger partial charge on any atom is -0.373 e. The molecule has 30 heavy (non-hydrogen) atoms. The zero-order valence-electron chi connectivity index (χ0n) is 18.3. The van der Waals surface area contributed by atoms with E-state index in [2.05, 4.69) is 53.5 Å². The average Bonchev–Trinajstić information content (AvgIpc) is 3.22. The van der Waals surface area contributed by atoms with Crippen molar-refractivity contribution in [2.45, 2.75) is 19.9 Å². The molecule has 6 heteroatoms. The van der Waals surface area contributed by atoms with Gasteiger partial charge in [0.25, 0.3) is 5.91 Å². The molecule has 0 atom stereocenters. The normalized spacial score (nSPS) is 11.2. The van der Waals surface area contributed by atoms with Gasteiger partial charge in [0.05, 0.1) is 0 Å². The third-order valence-corrected chi connectivity index (χ3v) is 4.80. The first-order valence-corrected chi connectivity index (χ1v) is 10.2. The third-order valence-electron chi connectivity index (χ3n) is 4.80. The summed E-state index contributed by atoms with van der Waals surface area (Å²) < 4.78 is 5.63. The van der Waals surface area contributed by atoms with E-state index in [0.717, 1.165) is 29.9 Å². The van der Waals surface area contributed by atoms with E-state index in [4.69, 9.17) is 4.52 Å². The molecule has 0 fully saturated rings. The van der Waals surface area contributed by atoms with E-state index in [-0.39, 0.29) is 11.9 Å². The largest absolute Gasteiger partial charge is 0.373 e. The van der Waals surface area contributed by atoms with E-state index < -0.39 is 0 Å². The first kappa shape index (κ1) is 21.6. The molecule has 0 aliphatic carbocycles. The molecule has 3 rings (SSSR count). The number of carbonyl (C=O) groups excluding carboxylic acids is 1. The lowest BCUT2D eigenvalue weighted by atomic mass is 10.1. The highest BCUT2D eigenvalue weighted by atomic mass is 16.5. The highest BCUT2D eigenvalue weighted by Gasteiger charge is 2.13. The number of benzene rings is 2. The van der Waals surface area contributed by atoms with Gasteiger partial charge in [-0.2, -0.15) is 0 Å². The molecule has 0 spiro atoms. The van der Waals surface area contributed by atoms with Crippen LogP contribution < -0.4 is 10.2 Å². The topological polar surface area (TPSA) is 61.6 Å². The van der Waals surface area contributed by atoms with E-state index in [1.165, 1.54) is 0 Å². The van der Waals surface area contributed by atoms with Crippen LogP contribution in [-0.2, 0) is 0 Å². The van der Waals surface area contributed by atoms with Gasteiger partial charge in [0, 0.05) is 54.6 Å². The highest BCUT2D eigenvalue weighted by molar-refractivity contribution is 5.95. The summed E-state index contributed by atoms with van der Waals surface area (Å²) >= 11 is 0. The molecule has 0 saturated heterocycles. The van der Waals surface area contributed by atoms with Crippen molar-refractivity contribution < 1.29 is 9.32 Å². The Morgan fingerprint density at radius 2 is 1.73 bits per heavy atom. The molecule has 158 valence electrons. The number of anilines is 1. The third kappa shape index (κ3) is 5.48. The van der Waals surface area contributed by atoms with Gasteiger partial charge in [-0.1, -0.05) is 29.4 Å². The molecular weight excluding hydrogens is 376 g/mol. The monoisotopic (exact) mass is 406 g/mol. The lowest BCUT2D eigenvalue weighted by molar-refractivity contribution is 0.0943. The molecule has 2 aromatic carbocycles. The predicted molar refractivity (Wildman–Crippen MR) is 122 cm³/mol. The second-order valence-electron chi connectivity index (χ2n) is 8.06. The lowest BCUT2D eigenvalue weighted by Crippen LogP contribution is -2.30. The summed E-state index contributed by atoms with van der Waals surface area (Å²) in [5.41, 5.74) is 4.25. The van der Waals surface area contributed by atoms with E-state index in [1.54, 1.807) is 6.07 Å². The summed E-state index contributed by atoms with van der Waals surface area (Å²) in [5.74, 6) is 0.605. The number of likely N-dealkylation sites (N-methyl/N-ethyl adjacent to an activating group) is 2. The Bertz CT molecular complexity index is 994. The average molecular weight is 407 g/mol. The van der Waals surface area contributed by atoms with Gasteiger partial charge in [0.2, 0.25) is 0 Å². The molecule has 3 aromatic rings. The molecule has 0 saturated carbocycles. The van der Waals surface area contributed by atoms with Crippen molar-refractivity contribution in [3.63, 3.8) is 0 Å². The van der Waals surface area contributed by atoms with Crippen LogP contribution in [0.25, 0.3) is 22.6 Å². The lowest BCUT2D eigenvalue weighted by Gasteiger charge is -2.21. The van der Waals surface area contributed by atoms with Crippen molar-refractivity contribution in [1.29, 1.82) is 0 Å². The van der Waals surface area contributed by atoms with Gasteiger partial charge in [-0.3, -0.25) is 4.79 Å². The Labute approximate surface area is 178 Å². The van der Waals surface area contributed by atoms with Crippen LogP contribution in [0.4, 0.5) is 5.69 Å². The minimum absolute atomic E-state index is 0.0861. The molecule has 0 aliphatic rings. The Balaban J connectivity index is 1.80. The number of carbonyl (C=O) groups is 1. The molecule has 0 aliphatic heterocycles. The molecular formula is C24H30N4O2. The summed E-state index contributed by atoms with van der Waals surface area (Å²) in [7, 11) is 6.23. The molecule has 0 unspecified atom stereocenters. The molecule has 6 nitrogen and oxygen atoms in total. The van der Waals surface area contributed by atoms with Gasteiger partial charge >= 0.3 is 0 Å². The molecule has 1 amide bonds. The first-order valence-electron chi connectivity index (χ1n) is 10.2. The maximum absolute atomic E-state index is 12.3. The van der Waals surface area contributed by atoms with Crippen LogP contribution in [0.3, 0.4) is 0 Å². The molecule has 0 radical (unpaired) electrons. The van der Waals surface area contributed by atoms with Gasteiger partial charge in [0.1, 0.15) is 5.69 Å². The predicted octanol–water partition coefficient (Wildman–Crippen LogP) is 4.14. The smallest absolute Gasteiger partial charge is 0.251 e. The zero-order valence-corrected chi connectivity index (χ0v) is 18.3. The second kappa shape index (κ2) is 9.59. The SMILES string of the molecule is CC(C)NC(=O)c1cccc(-c2cc(-c3cccc(N(C)CCN(C)C)c3)on2)c1. The number of aromatic nitrogens is 1.